The number of halogens is 1. The molecule has 0 spiro atoms. The van der Waals surface area contributed by atoms with Gasteiger partial charge in [0, 0.05) is 19.6 Å². The molecule has 1 atom stereocenters. The van der Waals surface area contributed by atoms with Gasteiger partial charge in [-0.3, -0.25) is 4.68 Å². The number of aromatic nitrogens is 2. The van der Waals surface area contributed by atoms with Gasteiger partial charge >= 0.3 is 0 Å². The Kier molecular flexibility index (Phi) is 6.18. The van der Waals surface area contributed by atoms with E-state index in [0.717, 1.165) is 13.0 Å². The van der Waals surface area contributed by atoms with Crippen molar-refractivity contribution in [3.05, 3.63) is 11.9 Å². The summed E-state index contributed by atoms with van der Waals surface area (Å²) in [6.07, 6.45) is 2.78. The van der Waals surface area contributed by atoms with E-state index in [1.54, 1.807) is 11.6 Å². The van der Waals surface area contributed by atoms with Gasteiger partial charge in [-0.15, -0.1) is 12.4 Å². The first kappa shape index (κ1) is 18.4. The topological polar surface area (TPSA) is 96.2 Å². The van der Waals surface area contributed by atoms with Gasteiger partial charge in [0.05, 0.1) is 17.5 Å². The zero-order valence-corrected chi connectivity index (χ0v) is 13.9. The molecule has 0 saturated carbocycles. The highest BCUT2D eigenvalue weighted by molar-refractivity contribution is 7.89. The lowest BCUT2D eigenvalue weighted by atomic mass is 9.95. The molecule has 1 aliphatic heterocycles. The van der Waals surface area contributed by atoms with Crippen LogP contribution in [0.2, 0.25) is 0 Å². The number of piperidine rings is 1. The van der Waals surface area contributed by atoms with Crippen molar-refractivity contribution in [1.82, 2.24) is 19.8 Å². The molecule has 2 heterocycles. The van der Waals surface area contributed by atoms with Gasteiger partial charge in [-0.05, 0) is 33.2 Å². The highest BCUT2D eigenvalue weighted by Gasteiger charge is 2.31. The quantitative estimate of drug-likeness (QED) is 0.703. The van der Waals surface area contributed by atoms with E-state index in [1.807, 2.05) is 6.92 Å². The highest BCUT2D eigenvalue weighted by Crippen LogP contribution is 2.18. The summed E-state index contributed by atoms with van der Waals surface area (Å²) in [7, 11) is -3.64. The summed E-state index contributed by atoms with van der Waals surface area (Å²) in [6.45, 7) is 5.52. The van der Waals surface area contributed by atoms with Crippen LogP contribution in [-0.4, -0.2) is 48.5 Å². The Labute approximate surface area is 131 Å². The lowest BCUT2D eigenvalue weighted by Gasteiger charge is -2.32. The number of nitrogens with zero attached hydrogens (tertiary/aromatic N) is 2. The van der Waals surface area contributed by atoms with Crippen LogP contribution >= 0.6 is 12.4 Å². The Morgan fingerprint density at radius 3 is 2.81 bits per heavy atom. The average Bonchev–Trinajstić information content (AvgIpc) is 2.79. The molecule has 7 nitrogen and oxygen atoms in total. The second-order valence-corrected chi connectivity index (χ2v) is 6.97. The molecule has 2 rings (SSSR count). The Hall–Kier alpha value is -0.670. The van der Waals surface area contributed by atoms with E-state index >= 15 is 0 Å². The van der Waals surface area contributed by atoms with Gasteiger partial charge in [0.25, 0.3) is 0 Å². The molecule has 0 radical (unpaired) electrons. The minimum atomic E-state index is -3.64. The van der Waals surface area contributed by atoms with Crippen molar-refractivity contribution in [2.75, 3.05) is 19.6 Å². The smallest absolute Gasteiger partial charge is 0.244 e. The van der Waals surface area contributed by atoms with Crippen LogP contribution in [0, 0.1) is 6.92 Å². The Morgan fingerprint density at radius 1 is 1.57 bits per heavy atom. The van der Waals surface area contributed by atoms with Gasteiger partial charge in [0.15, 0.2) is 0 Å². The zero-order valence-electron chi connectivity index (χ0n) is 12.3. The lowest BCUT2D eigenvalue weighted by Crippen LogP contribution is -2.52. The molecule has 9 heteroatoms. The summed E-state index contributed by atoms with van der Waals surface area (Å²) in [6, 6.07) is 0. The zero-order chi connectivity index (χ0) is 14.8. The van der Waals surface area contributed by atoms with E-state index in [1.165, 1.54) is 6.20 Å². The first-order valence-electron chi connectivity index (χ1n) is 6.83. The first-order chi connectivity index (χ1) is 9.38. The van der Waals surface area contributed by atoms with Gasteiger partial charge in [0.1, 0.15) is 4.90 Å². The first-order valence-corrected chi connectivity index (χ1v) is 8.31. The summed E-state index contributed by atoms with van der Waals surface area (Å²) < 4.78 is 28.7. The molecule has 1 unspecified atom stereocenters. The third-order valence-electron chi connectivity index (χ3n) is 3.69. The van der Waals surface area contributed by atoms with E-state index in [-0.39, 0.29) is 23.8 Å². The number of nitrogens with one attached hydrogen (secondary N) is 2. The number of aryl methyl sites for hydroxylation is 1. The summed E-state index contributed by atoms with van der Waals surface area (Å²) in [5, 5.41) is 17.4. The maximum Gasteiger partial charge on any atom is 0.244 e. The van der Waals surface area contributed by atoms with Crippen molar-refractivity contribution >= 4 is 22.4 Å². The third-order valence-corrected chi connectivity index (χ3v) is 5.19. The number of sulfonamides is 1. The van der Waals surface area contributed by atoms with Crippen molar-refractivity contribution in [2.45, 2.75) is 43.7 Å². The maximum absolute atomic E-state index is 12.3. The van der Waals surface area contributed by atoms with Crippen molar-refractivity contribution in [3.8, 4) is 0 Å². The lowest BCUT2D eigenvalue weighted by molar-refractivity contribution is 0.0218. The van der Waals surface area contributed by atoms with Crippen LogP contribution in [0.15, 0.2) is 11.1 Å². The van der Waals surface area contributed by atoms with Crippen LogP contribution in [0.5, 0.6) is 0 Å². The molecule has 0 amide bonds. The van der Waals surface area contributed by atoms with E-state index in [2.05, 4.69) is 15.1 Å². The fraction of sp³-hybridized carbons (Fsp3) is 0.750. The molecule has 3 N–H and O–H groups in total. The number of hydrogen-bond donors (Lipinski definition) is 3. The molecule has 0 aromatic carbocycles. The highest BCUT2D eigenvalue weighted by atomic mass is 35.5. The van der Waals surface area contributed by atoms with Crippen molar-refractivity contribution in [3.63, 3.8) is 0 Å². The SMILES string of the molecule is CCn1ncc(S(=O)(=O)NCC2(O)CCCNC2)c1C.Cl. The van der Waals surface area contributed by atoms with Crippen LogP contribution in [0.25, 0.3) is 0 Å². The van der Waals surface area contributed by atoms with Crippen LogP contribution in [-0.2, 0) is 16.6 Å². The normalized spacial score (nSPS) is 22.8. The fourth-order valence-corrected chi connectivity index (χ4v) is 3.72. The van der Waals surface area contributed by atoms with Crippen molar-refractivity contribution in [1.29, 1.82) is 0 Å². The summed E-state index contributed by atoms with van der Waals surface area (Å²) in [5.74, 6) is 0. The Morgan fingerprint density at radius 2 is 2.29 bits per heavy atom. The molecule has 0 bridgehead atoms. The monoisotopic (exact) mass is 338 g/mol. The Bertz CT molecular complexity index is 567. The maximum atomic E-state index is 12.3. The van der Waals surface area contributed by atoms with E-state index in [9.17, 15) is 13.5 Å². The fourth-order valence-electron chi connectivity index (χ4n) is 2.42. The van der Waals surface area contributed by atoms with Gasteiger partial charge < -0.3 is 10.4 Å². The van der Waals surface area contributed by atoms with Crippen molar-refractivity contribution < 1.29 is 13.5 Å². The van der Waals surface area contributed by atoms with E-state index in [0.29, 0.717) is 25.2 Å². The second kappa shape index (κ2) is 7.06. The standard InChI is InChI=1S/C12H22N4O3S.ClH/c1-3-16-10(2)11(7-14-16)20(18,19)15-9-12(17)5-4-6-13-8-12;/h7,13,15,17H,3-6,8-9H2,1-2H3;1H. The number of aliphatic hydroxyl groups is 1. The third kappa shape index (κ3) is 4.17. The largest absolute Gasteiger partial charge is 0.387 e. The Balaban J connectivity index is 0.00000220. The molecular formula is C12H23ClN4O3S. The molecule has 122 valence electrons. The molecule has 0 aliphatic carbocycles. The van der Waals surface area contributed by atoms with Gasteiger partial charge in [-0.1, -0.05) is 0 Å². The summed E-state index contributed by atoms with van der Waals surface area (Å²) in [4.78, 5) is 0.173. The minimum absolute atomic E-state index is 0. The van der Waals surface area contributed by atoms with E-state index in [4.69, 9.17) is 0 Å². The van der Waals surface area contributed by atoms with Crippen molar-refractivity contribution in [2.24, 2.45) is 0 Å². The number of hydrogen-bond acceptors (Lipinski definition) is 5. The summed E-state index contributed by atoms with van der Waals surface area (Å²) in [5.41, 5.74) is -0.409. The number of rotatable bonds is 5. The molecule has 21 heavy (non-hydrogen) atoms. The second-order valence-electron chi connectivity index (χ2n) is 5.24. The molecule has 1 saturated heterocycles. The molecule has 1 aliphatic rings. The molecule has 1 aromatic heterocycles. The molecular weight excluding hydrogens is 316 g/mol. The predicted octanol–water partition coefficient (Wildman–Crippen LogP) is 0.0260. The molecule has 1 fully saturated rings. The van der Waals surface area contributed by atoms with Crippen LogP contribution in [0.4, 0.5) is 0 Å². The van der Waals surface area contributed by atoms with Gasteiger partial charge in [0.2, 0.25) is 10.0 Å². The minimum Gasteiger partial charge on any atom is -0.387 e. The van der Waals surface area contributed by atoms with Crippen LogP contribution in [0.3, 0.4) is 0 Å². The number of β-amino-alcohol motifs (C(OH)–C–C–N with tert-alkyl or cyclic N) is 1. The predicted molar refractivity (Wildman–Crippen MR) is 82.1 cm³/mol. The van der Waals surface area contributed by atoms with E-state index < -0.39 is 15.6 Å². The van der Waals surface area contributed by atoms with Gasteiger partial charge in [-0.25, -0.2) is 13.1 Å². The van der Waals surface area contributed by atoms with Gasteiger partial charge in [-0.2, -0.15) is 5.10 Å². The summed E-state index contributed by atoms with van der Waals surface area (Å²) >= 11 is 0. The van der Waals surface area contributed by atoms with Crippen LogP contribution < -0.4 is 10.0 Å². The molecule has 1 aromatic rings. The van der Waals surface area contributed by atoms with Crippen LogP contribution in [0.1, 0.15) is 25.5 Å². The average molecular weight is 339 g/mol.